The third-order valence-corrected chi connectivity index (χ3v) is 8.74. The van der Waals surface area contributed by atoms with E-state index in [2.05, 4.69) is 74.3 Å². The van der Waals surface area contributed by atoms with Gasteiger partial charge in [0, 0.05) is 43.2 Å². The molecule has 1 aromatic rings. The molecule has 1 aliphatic heterocycles. The first-order valence-corrected chi connectivity index (χ1v) is 12.0. The molecule has 0 unspecified atom stereocenters. The van der Waals surface area contributed by atoms with Gasteiger partial charge in [-0.15, -0.1) is 10.3 Å². The highest BCUT2D eigenvalue weighted by Gasteiger charge is 2.29. The number of nitrogens with zero attached hydrogens (tertiary/aromatic N) is 2. The Bertz CT molecular complexity index is 486. The SMILES string of the molecule is CC.Cc1ccc(N2CCN(CCOS(C)(C)C(C)(C)C)CC2)cc1. The molecule has 2 rings (SSSR count). The van der Waals surface area contributed by atoms with E-state index in [1.807, 2.05) is 13.8 Å². The van der Waals surface area contributed by atoms with E-state index in [1.165, 1.54) is 11.3 Å². The summed E-state index contributed by atoms with van der Waals surface area (Å²) in [6.45, 7) is 19.4. The second-order valence-electron chi connectivity index (χ2n) is 7.83. The minimum Gasteiger partial charge on any atom is -0.369 e. The minimum atomic E-state index is -0.993. The van der Waals surface area contributed by atoms with Crippen molar-refractivity contribution >= 4 is 16.0 Å². The third-order valence-electron chi connectivity index (χ3n) is 5.03. The van der Waals surface area contributed by atoms with Gasteiger partial charge in [0.05, 0.1) is 6.61 Å². The van der Waals surface area contributed by atoms with E-state index in [-0.39, 0.29) is 4.75 Å². The summed E-state index contributed by atoms with van der Waals surface area (Å²) in [5.41, 5.74) is 2.68. The van der Waals surface area contributed by atoms with Gasteiger partial charge in [-0.3, -0.25) is 4.90 Å². The van der Waals surface area contributed by atoms with Crippen molar-refractivity contribution in [3.8, 4) is 0 Å². The van der Waals surface area contributed by atoms with Crippen molar-refractivity contribution in [2.75, 3.05) is 56.7 Å². The zero-order valence-electron chi connectivity index (χ0n) is 17.8. The second kappa shape index (κ2) is 9.84. The van der Waals surface area contributed by atoms with Crippen molar-refractivity contribution in [1.82, 2.24) is 4.90 Å². The lowest BCUT2D eigenvalue weighted by Crippen LogP contribution is -2.47. The van der Waals surface area contributed by atoms with E-state index in [0.29, 0.717) is 0 Å². The lowest BCUT2D eigenvalue weighted by atomic mass is 10.2. The van der Waals surface area contributed by atoms with Gasteiger partial charge in [-0.1, -0.05) is 52.3 Å². The van der Waals surface area contributed by atoms with E-state index in [9.17, 15) is 0 Å². The van der Waals surface area contributed by atoms with Gasteiger partial charge in [-0.2, -0.15) is 0 Å². The molecule has 0 spiro atoms. The summed E-state index contributed by atoms with van der Waals surface area (Å²) < 4.78 is 6.50. The predicted molar refractivity (Wildman–Crippen MR) is 116 cm³/mol. The monoisotopic (exact) mass is 368 g/mol. The molecule has 0 radical (unpaired) electrons. The van der Waals surface area contributed by atoms with Crippen molar-refractivity contribution < 1.29 is 4.18 Å². The van der Waals surface area contributed by atoms with Gasteiger partial charge in [-0.05, 0) is 31.6 Å². The normalized spacial score (nSPS) is 17.0. The van der Waals surface area contributed by atoms with Gasteiger partial charge in [0.25, 0.3) is 0 Å². The molecule has 0 aliphatic carbocycles. The molecule has 0 N–H and O–H groups in total. The largest absolute Gasteiger partial charge is 0.369 e. The molecule has 0 atom stereocenters. The molecule has 0 bridgehead atoms. The molecule has 1 saturated heterocycles. The fourth-order valence-electron chi connectivity index (χ4n) is 2.54. The van der Waals surface area contributed by atoms with Crippen LogP contribution in [0.2, 0.25) is 0 Å². The number of hydrogen-bond donors (Lipinski definition) is 0. The molecule has 0 saturated carbocycles. The number of piperazine rings is 1. The third kappa shape index (κ3) is 6.84. The molecule has 25 heavy (non-hydrogen) atoms. The highest BCUT2D eigenvalue weighted by molar-refractivity contribution is 8.29. The summed E-state index contributed by atoms with van der Waals surface area (Å²) in [5, 5.41) is 0. The summed E-state index contributed by atoms with van der Waals surface area (Å²) in [6, 6.07) is 8.88. The summed E-state index contributed by atoms with van der Waals surface area (Å²) in [7, 11) is -0.993. The Balaban J connectivity index is 0.00000151. The molecule has 0 amide bonds. The maximum absolute atomic E-state index is 6.25. The smallest absolute Gasteiger partial charge is 0.0719 e. The molecular weight excluding hydrogens is 328 g/mol. The average Bonchev–Trinajstić information content (AvgIpc) is 2.57. The van der Waals surface area contributed by atoms with Crippen LogP contribution in [0.25, 0.3) is 0 Å². The first kappa shape index (κ1) is 22.3. The Morgan fingerprint density at radius 3 is 1.96 bits per heavy atom. The van der Waals surface area contributed by atoms with Crippen LogP contribution in [-0.2, 0) is 4.18 Å². The molecule has 1 aromatic carbocycles. The lowest BCUT2D eigenvalue weighted by molar-refractivity contribution is 0.210. The van der Waals surface area contributed by atoms with E-state index in [0.717, 1.165) is 39.3 Å². The summed E-state index contributed by atoms with van der Waals surface area (Å²) in [5.74, 6) is 0. The van der Waals surface area contributed by atoms with Gasteiger partial charge >= 0.3 is 0 Å². The Hall–Kier alpha value is -0.710. The molecule has 1 fully saturated rings. The van der Waals surface area contributed by atoms with Crippen LogP contribution in [0.3, 0.4) is 0 Å². The molecule has 3 nitrogen and oxygen atoms in total. The number of rotatable bonds is 5. The quantitative estimate of drug-likeness (QED) is 0.732. The molecule has 1 heterocycles. The number of anilines is 1. The second-order valence-corrected chi connectivity index (χ2v) is 11.8. The Labute approximate surface area is 158 Å². The molecule has 1 aliphatic rings. The standard InChI is InChI=1S/C19H34N2OS.C2H6/c1-17-7-9-18(10-8-17)21-13-11-20(12-14-21)15-16-22-23(5,6)19(2,3)4;1-2/h7-10H,11-16H2,1-6H3;1-2H3. The van der Waals surface area contributed by atoms with E-state index in [4.69, 9.17) is 4.18 Å². The van der Waals surface area contributed by atoms with Crippen LogP contribution in [0.4, 0.5) is 5.69 Å². The van der Waals surface area contributed by atoms with Gasteiger partial charge in [0.1, 0.15) is 0 Å². The predicted octanol–water partition coefficient (Wildman–Crippen LogP) is 4.94. The maximum Gasteiger partial charge on any atom is 0.0719 e. The maximum atomic E-state index is 6.25. The van der Waals surface area contributed by atoms with Gasteiger partial charge in [0.15, 0.2) is 0 Å². The van der Waals surface area contributed by atoms with Crippen molar-refractivity contribution in [3.63, 3.8) is 0 Å². The zero-order chi connectivity index (χ0) is 19.1. The van der Waals surface area contributed by atoms with Crippen LogP contribution in [-0.4, -0.2) is 61.5 Å². The first-order chi connectivity index (χ1) is 11.7. The highest BCUT2D eigenvalue weighted by Crippen LogP contribution is 2.53. The topological polar surface area (TPSA) is 15.7 Å². The first-order valence-electron chi connectivity index (χ1n) is 9.60. The van der Waals surface area contributed by atoms with Crippen molar-refractivity contribution in [2.45, 2.75) is 46.3 Å². The average molecular weight is 369 g/mol. The summed E-state index contributed by atoms with van der Waals surface area (Å²) in [6.07, 6.45) is 4.56. The van der Waals surface area contributed by atoms with E-state index < -0.39 is 10.3 Å². The zero-order valence-corrected chi connectivity index (χ0v) is 18.6. The molecule has 4 heteroatoms. The van der Waals surface area contributed by atoms with Crippen LogP contribution in [0.15, 0.2) is 24.3 Å². The van der Waals surface area contributed by atoms with Crippen LogP contribution < -0.4 is 4.90 Å². The Kier molecular flexibility index (Phi) is 8.79. The van der Waals surface area contributed by atoms with Crippen LogP contribution in [0.1, 0.15) is 40.2 Å². The van der Waals surface area contributed by atoms with Gasteiger partial charge in [-0.25, -0.2) is 0 Å². The van der Waals surface area contributed by atoms with Gasteiger partial charge in [0.2, 0.25) is 0 Å². The van der Waals surface area contributed by atoms with E-state index in [1.54, 1.807) is 0 Å². The van der Waals surface area contributed by atoms with Crippen LogP contribution in [0.5, 0.6) is 0 Å². The Morgan fingerprint density at radius 2 is 1.48 bits per heavy atom. The number of aryl methyl sites for hydroxylation is 1. The summed E-state index contributed by atoms with van der Waals surface area (Å²) in [4.78, 5) is 5.02. The lowest BCUT2D eigenvalue weighted by Gasteiger charge is -2.44. The molecule has 0 aromatic heterocycles. The highest BCUT2D eigenvalue weighted by atomic mass is 32.3. The molecule has 146 valence electrons. The summed E-state index contributed by atoms with van der Waals surface area (Å²) >= 11 is 0. The fourth-order valence-corrected chi connectivity index (χ4v) is 3.38. The fraction of sp³-hybridized carbons (Fsp3) is 0.714. The van der Waals surface area contributed by atoms with Gasteiger partial charge < -0.3 is 9.08 Å². The number of benzene rings is 1. The minimum absolute atomic E-state index is 0.247. The molecular formula is C21H40N2OS. The number of hydrogen-bond acceptors (Lipinski definition) is 3. The van der Waals surface area contributed by atoms with Crippen molar-refractivity contribution in [3.05, 3.63) is 29.8 Å². The van der Waals surface area contributed by atoms with Crippen molar-refractivity contribution in [1.29, 1.82) is 0 Å². The van der Waals surface area contributed by atoms with E-state index >= 15 is 0 Å². The van der Waals surface area contributed by atoms with Crippen LogP contribution >= 0.6 is 10.3 Å². The van der Waals surface area contributed by atoms with Crippen LogP contribution in [0, 0.1) is 6.92 Å². The Morgan fingerprint density at radius 1 is 0.960 bits per heavy atom. The van der Waals surface area contributed by atoms with Crippen molar-refractivity contribution in [2.24, 2.45) is 0 Å².